The molecule has 3 N–H and O–H groups in total. The van der Waals surface area contributed by atoms with E-state index < -0.39 is 0 Å². The lowest BCUT2D eigenvalue weighted by Crippen LogP contribution is -2.12. The number of rotatable bonds is 2. The van der Waals surface area contributed by atoms with Gasteiger partial charge in [0, 0.05) is 13.0 Å². The lowest BCUT2D eigenvalue weighted by atomic mass is 10.2. The van der Waals surface area contributed by atoms with Crippen molar-refractivity contribution in [2.75, 3.05) is 5.43 Å². The predicted molar refractivity (Wildman–Crippen MR) is 42.9 cm³/mol. The number of anilines is 1. The topological polar surface area (TPSA) is 68.8 Å². The molecule has 0 saturated carbocycles. The molecule has 11 heavy (non-hydrogen) atoms. The van der Waals surface area contributed by atoms with Gasteiger partial charge < -0.3 is 0 Å². The molecule has 62 valence electrons. The third-order valence-electron chi connectivity index (χ3n) is 1.55. The van der Waals surface area contributed by atoms with Crippen LogP contribution in [-0.4, -0.2) is 14.8 Å². The highest BCUT2D eigenvalue weighted by atomic mass is 15.4. The Morgan fingerprint density at radius 2 is 2.09 bits per heavy atom. The maximum Gasteiger partial charge on any atom is 0.238 e. The highest BCUT2D eigenvalue weighted by Crippen LogP contribution is 2.12. The van der Waals surface area contributed by atoms with Crippen molar-refractivity contribution >= 4 is 5.95 Å². The van der Waals surface area contributed by atoms with Gasteiger partial charge in [0.25, 0.3) is 0 Å². The summed E-state index contributed by atoms with van der Waals surface area (Å²) in [5.74, 6) is 7.08. The average Bonchev–Trinajstić information content (AvgIpc) is 2.30. The van der Waals surface area contributed by atoms with Crippen LogP contribution < -0.4 is 11.3 Å². The lowest BCUT2D eigenvalue weighted by molar-refractivity contribution is 0.710. The summed E-state index contributed by atoms with van der Waals surface area (Å²) in [6.07, 6.45) is 0. The van der Waals surface area contributed by atoms with Crippen LogP contribution in [0.5, 0.6) is 0 Å². The molecule has 1 aromatic rings. The van der Waals surface area contributed by atoms with Crippen LogP contribution in [0.1, 0.15) is 25.6 Å². The Labute approximate surface area is 65.6 Å². The molecule has 5 nitrogen and oxygen atoms in total. The van der Waals surface area contributed by atoms with Crippen LogP contribution in [0.2, 0.25) is 0 Å². The fourth-order valence-electron chi connectivity index (χ4n) is 0.970. The van der Waals surface area contributed by atoms with Crippen LogP contribution >= 0.6 is 0 Å². The van der Waals surface area contributed by atoms with Gasteiger partial charge in [0.1, 0.15) is 5.82 Å². The number of nitrogens with two attached hydrogens (primary N) is 1. The van der Waals surface area contributed by atoms with Crippen LogP contribution in [-0.2, 0) is 7.05 Å². The second-order valence-corrected chi connectivity index (χ2v) is 2.74. The molecule has 0 bridgehead atoms. The smallest absolute Gasteiger partial charge is 0.238 e. The van der Waals surface area contributed by atoms with E-state index in [0.717, 1.165) is 5.82 Å². The maximum absolute atomic E-state index is 5.19. The first-order chi connectivity index (χ1) is 5.16. The number of hydrogen-bond acceptors (Lipinski definition) is 4. The first kappa shape index (κ1) is 8.00. The van der Waals surface area contributed by atoms with E-state index in [0.29, 0.717) is 11.9 Å². The second kappa shape index (κ2) is 2.87. The standard InChI is InChI=1S/C6H13N5/c1-4(2)5-9-10-6(8-7)11(5)3/h4H,7H2,1-3H3,(H,8,10). The number of hydrogen-bond donors (Lipinski definition) is 2. The van der Waals surface area contributed by atoms with Crippen molar-refractivity contribution in [3.8, 4) is 0 Å². The SMILES string of the molecule is CC(C)c1nnc(NN)n1C. The molecule has 0 aliphatic rings. The van der Waals surface area contributed by atoms with Gasteiger partial charge in [-0.15, -0.1) is 10.2 Å². The van der Waals surface area contributed by atoms with Crippen molar-refractivity contribution < 1.29 is 0 Å². The van der Waals surface area contributed by atoms with Crippen molar-refractivity contribution in [3.63, 3.8) is 0 Å². The third kappa shape index (κ3) is 1.32. The molecule has 0 radical (unpaired) electrons. The summed E-state index contributed by atoms with van der Waals surface area (Å²) < 4.78 is 1.84. The number of aromatic nitrogens is 3. The summed E-state index contributed by atoms with van der Waals surface area (Å²) in [4.78, 5) is 0. The fraction of sp³-hybridized carbons (Fsp3) is 0.667. The summed E-state index contributed by atoms with van der Waals surface area (Å²) >= 11 is 0. The van der Waals surface area contributed by atoms with Gasteiger partial charge in [0.05, 0.1) is 0 Å². The molecule has 1 rings (SSSR count). The first-order valence-electron chi connectivity index (χ1n) is 3.52. The van der Waals surface area contributed by atoms with Crippen molar-refractivity contribution in [2.45, 2.75) is 19.8 Å². The monoisotopic (exact) mass is 155 g/mol. The molecule has 5 heteroatoms. The van der Waals surface area contributed by atoms with E-state index in [1.807, 2.05) is 11.6 Å². The molecule has 0 aromatic carbocycles. The zero-order valence-electron chi connectivity index (χ0n) is 7.00. The van der Waals surface area contributed by atoms with Gasteiger partial charge in [-0.25, -0.2) is 5.84 Å². The van der Waals surface area contributed by atoms with E-state index in [9.17, 15) is 0 Å². The highest BCUT2D eigenvalue weighted by Gasteiger charge is 2.09. The lowest BCUT2D eigenvalue weighted by Gasteiger charge is -2.04. The zero-order chi connectivity index (χ0) is 8.43. The maximum atomic E-state index is 5.19. The van der Waals surface area contributed by atoms with Crippen LogP contribution in [0, 0.1) is 0 Å². The Kier molecular flexibility index (Phi) is 2.09. The van der Waals surface area contributed by atoms with Gasteiger partial charge in [0.15, 0.2) is 0 Å². The Hall–Kier alpha value is -1.10. The molecule has 0 aliphatic heterocycles. The molecule has 0 saturated heterocycles. The van der Waals surface area contributed by atoms with Crippen molar-refractivity contribution in [2.24, 2.45) is 12.9 Å². The normalized spacial score (nSPS) is 10.6. The molecule has 1 heterocycles. The largest absolute Gasteiger partial charge is 0.299 e. The predicted octanol–water partition coefficient (Wildman–Crippen LogP) is 0.224. The van der Waals surface area contributed by atoms with E-state index >= 15 is 0 Å². The zero-order valence-corrected chi connectivity index (χ0v) is 7.00. The number of hydrazine groups is 1. The minimum absolute atomic E-state index is 0.370. The van der Waals surface area contributed by atoms with E-state index in [4.69, 9.17) is 5.84 Å². The first-order valence-corrected chi connectivity index (χ1v) is 3.52. The van der Waals surface area contributed by atoms with Crippen LogP contribution in [0.3, 0.4) is 0 Å². The van der Waals surface area contributed by atoms with Crippen molar-refractivity contribution in [1.82, 2.24) is 14.8 Å². The minimum atomic E-state index is 0.370. The molecular weight excluding hydrogens is 142 g/mol. The van der Waals surface area contributed by atoms with Crippen LogP contribution in [0.4, 0.5) is 5.95 Å². The van der Waals surface area contributed by atoms with E-state index in [1.165, 1.54) is 0 Å². The summed E-state index contributed by atoms with van der Waals surface area (Å²) in [6, 6.07) is 0. The molecule has 0 spiro atoms. The molecule has 0 amide bonds. The third-order valence-corrected chi connectivity index (χ3v) is 1.55. The van der Waals surface area contributed by atoms with Crippen molar-refractivity contribution in [1.29, 1.82) is 0 Å². The molecule has 0 fully saturated rings. The Morgan fingerprint density at radius 1 is 1.45 bits per heavy atom. The average molecular weight is 155 g/mol. The Morgan fingerprint density at radius 3 is 2.36 bits per heavy atom. The van der Waals surface area contributed by atoms with Gasteiger partial charge in [-0.2, -0.15) is 0 Å². The fourth-order valence-corrected chi connectivity index (χ4v) is 0.970. The van der Waals surface area contributed by atoms with E-state index in [1.54, 1.807) is 0 Å². The number of nitrogens with one attached hydrogen (secondary N) is 1. The number of nitrogens with zero attached hydrogens (tertiary/aromatic N) is 3. The van der Waals surface area contributed by atoms with Gasteiger partial charge in [0.2, 0.25) is 5.95 Å². The molecule has 0 unspecified atom stereocenters. The second-order valence-electron chi connectivity index (χ2n) is 2.74. The summed E-state index contributed by atoms with van der Waals surface area (Å²) in [5.41, 5.74) is 2.46. The number of nitrogen functional groups attached to an aromatic ring is 1. The van der Waals surface area contributed by atoms with Crippen molar-refractivity contribution in [3.05, 3.63) is 5.82 Å². The highest BCUT2D eigenvalue weighted by molar-refractivity contribution is 5.23. The summed E-state index contributed by atoms with van der Waals surface area (Å²) in [7, 11) is 1.88. The van der Waals surface area contributed by atoms with E-state index in [-0.39, 0.29) is 0 Å². The van der Waals surface area contributed by atoms with Crippen LogP contribution in [0.15, 0.2) is 0 Å². The van der Waals surface area contributed by atoms with Gasteiger partial charge in [-0.05, 0) is 0 Å². The summed E-state index contributed by atoms with van der Waals surface area (Å²) in [5, 5.41) is 7.79. The minimum Gasteiger partial charge on any atom is -0.299 e. The Balaban J connectivity index is 3.00. The summed E-state index contributed by atoms with van der Waals surface area (Å²) in [6.45, 7) is 4.12. The van der Waals surface area contributed by atoms with E-state index in [2.05, 4.69) is 29.5 Å². The Bertz CT molecular complexity index is 239. The molecular formula is C6H13N5. The van der Waals surface area contributed by atoms with Gasteiger partial charge >= 0.3 is 0 Å². The quantitative estimate of drug-likeness (QED) is 0.473. The van der Waals surface area contributed by atoms with Gasteiger partial charge in [-0.3, -0.25) is 9.99 Å². The molecule has 0 aliphatic carbocycles. The van der Waals surface area contributed by atoms with Gasteiger partial charge in [-0.1, -0.05) is 13.8 Å². The molecule has 0 atom stereocenters. The molecule has 1 aromatic heterocycles. The van der Waals surface area contributed by atoms with Crippen LogP contribution in [0.25, 0.3) is 0 Å².